The van der Waals surface area contributed by atoms with Gasteiger partial charge in [0.25, 0.3) is 0 Å². The zero-order chi connectivity index (χ0) is 10.2. The number of hydrogen-bond donors (Lipinski definition) is 1. The topological polar surface area (TPSA) is 20.2 Å². The van der Waals surface area contributed by atoms with Crippen molar-refractivity contribution >= 4 is 0 Å². The predicted octanol–water partition coefficient (Wildman–Crippen LogP) is 1.74. The molecule has 1 atom stereocenters. The van der Waals surface area contributed by atoms with Gasteiger partial charge in [0.2, 0.25) is 0 Å². The van der Waals surface area contributed by atoms with Crippen LogP contribution in [0, 0.1) is 0 Å². The van der Waals surface area contributed by atoms with Crippen molar-refractivity contribution in [1.82, 2.24) is 0 Å². The van der Waals surface area contributed by atoms with Crippen LogP contribution in [-0.2, 0) is 0 Å². The van der Waals surface area contributed by atoms with Crippen LogP contribution >= 0.6 is 0 Å². The van der Waals surface area contributed by atoms with Crippen molar-refractivity contribution in [3.8, 4) is 0 Å². The summed E-state index contributed by atoms with van der Waals surface area (Å²) in [4.78, 5) is 0. The molecule has 0 bridgehead atoms. The molecule has 0 aromatic heterocycles. The normalized spacial score (nSPS) is 19.3. The van der Waals surface area contributed by atoms with Crippen LogP contribution in [0.3, 0.4) is 0 Å². The molecule has 9 heavy (non-hydrogen) atoms. The summed E-state index contributed by atoms with van der Waals surface area (Å²) in [6.45, 7) is 1.47. The van der Waals surface area contributed by atoms with Gasteiger partial charge in [-0.25, -0.2) is 0 Å². The fourth-order valence-corrected chi connectivity index (χ4v) is 0.514. The molecule has 1 rings (SSSR count). The van der Waals surface area contributed by atoms with Gasteiger partial charge in [-0.1, -0.05) is 30.2 Å². The zero-order valence-corrected chi connectivity index (χ0v) is 5.10. The molecular weight excluding hydrogens is 112 g/mol. The minimum Gasteiger partial charge on any atom is -0.389 e. The molecule has 0 radical (unpaired) electrons. The summed E-state index contributed by atoms with van der Waals surface area (Å²) < 4.78 is 29.3. The molecule has 0 aliphatic rings. The van der Waals surface area contributed by atoms with E-state index in [1.807, 2.05) is 0 Å². The molecule has 0 aliphatic carbocycles. The molecule has 48 valence electrons. The Morgan fingerprint density at radius 3 is 3.00 bits per heavy atom. The summed E-state index contributed by atoms with van der Waals surface area (Å²) in [6.07, 6.45) is -0.874. The SMILES string of the molecule is [2H]c1cc([C@H](C)O)c([2H])c([2H])c1[2H]. The van der Waals surface area contributed by atoms with Crippen LogP contribution in [0.4, 0.5) is 0 Å². The van der Waals surface area contributed by atoms with E-state index in [4.69, 9.17) is 5.48 Å². The van der Waals surface area contributed by atoms with Crippen molar-refractivity contribution in [1.29, 1.82) is 0 Å². The van der Waals surface area contributed by atoms with Crippen molar-refractivity contribution in [3.63, 3.8) is 0 Å². The minimum absolute atomic E-state index is 0.128. The Hall–Kier alpha value is -0.820. The van der Waals surface area contributed by atoms with Crippen molar-refractivity contribution in [2.24, 2.45) is 0 Å². The molecule has 1 heteroatoms. The average molecular weight is 126 g/mol. The summed E-state index contributed by atoms with van der Waals surface area (Å²) in [7, 11) is 0. The molecule has 1 N–H and O–H groups in total. The number of aliphatic hydroxyl groups excluding tert-OH is 1. The lowest BCUT2D eigenvalue weighted by Gasteiger charge is -2.00. The molecule has 1 nitrogen and oxygen atoms in total. The number of hydrogen-bond acceptors (Lipinski definition) is 1. The highest BCUT2D eigenvalue weighted by Crippen LogP contribution is 2.08. The highest BCUT2D eigenvalue weighted by molar-refractivity contribution is 5.16. The van der Waals surface area contributed by atoms with Crippen molar-refractivity contribution in [3.05, 3.63) is 35.8 Å². The Balaban J connectivity index is 3.41. The summed E-state index contributed by atoms with van der Waals surface area (Å²) >= 11 is 0. The monoisotopic (exact) mass is 126 g/mol. The van der Waals surface area contributed by atoms with Gasteiger partial charge in [0.1, 0.15) is 0 Å². The fraction of sp³-hybridized carbons (Fsp3) is 0.250. The van der Waals surface area contributed by atoms with E-state index in [2.05, 4.69) is 0 Å². The third-order valence-electron chi connectivity index (χ3n) is 1.02. The van der Waals surface area contributed by atoms with Gasteiger partial charge in [-0.15, -0.1) is 0 Å². The molecule has 0 unspecified atom stereocenters. The maximum absolute atomic E-state index is 9.20. The predicted molar refractivity (Wildman–Crippen MR) is 37.1 cm³/mol. The maximum atomic E-state index is 9.20. The smallest absolute Gasteiger partial charge is 0.0761 e. The highest BCUT2D eigenvalue weighted by atomic mass is 16.3. The Labute approximate surface area is 60.6 Å². The molecule has 1 aromatic carbocycles. The molecule has 0 fully saturated rings. The Morgan fingerprint density at radius 1 is 1.56 bits per heavy atom. The van der Waals surface area contributed by atoms with Gasteiger partial charge in [0, 0.05) is 0 Å². The highest BCUT2D eigenvalue weighted by Gasteiger charge is 1.95. The summed E-state index contributed by atoms with van der Waals surface area (Å²) in [6, 6.07) is 0.388. The number of aliphatic hydroxyl groups is 1. The second kappa shape index (κ2) is 2.65. The second-order valence-corrected chi connectivity index (χ2v) is 1.79. The second-order valence-electron chi connectivity index (χ2n) is 1.79. The first-order valence-corrected chi connectivity index (χ1v) is 2.70. The largest absolute Gasteiger partial charge is 0.389 e. The van der Waals surface area contributed by atoms with Gasteiger partial charge >= 0.3 is 0 Å². The number of rotatable bonds is 1. The third kappa shape index (κ3) is 1.54. The van der Waals surface area contributed by atoms with Crippen molar-refractivity contribution in [2.75, 3.05) is 0 Å². The average Bonchev–Trinajstić information content (AvgIpc) is 2.07. The van der Waals surface area contributed by atoms with E-state index in [1.165, 1.54) is 13.0 Å². The quantitative estimate of drug-likeness (QED) is 0.607. The van der Waals surface area contributed by atoms with E-state index in [0.29, 0.717) is 0 Å². The van der Waals surface area contributed by atoms with Crippen LogP contribution in [0.5, 0.6) is 0 Å². The van der Waals surface area contributed by atoms with Gasteiger partial charge in [-0.05, 0) is 12.5 Å². The van der Waals surface area contributed by atoms with Crippen molar-refractivity contribution < 1.29 is 10.6 Å². The molecular formula is C8H10O. The molecule has 0 aliphatic heterocycles. The van der Waals surface area contributed by atoms with Crippen LogP contribution in [0.25, 0.3) is 0 Å². The Bertz CT molecular complexity index is 335. The zero-order valence-electron chi connectivity index (χ0n) is 9.10. The first-order valence-electron chi connectivity index (χ1n) is 4.70. The summed E-state index contributed by atoms with van der Waals surface area (Å²) in [5, 5.41) is 9.20. The van der Waals surface area contributed by atoms with Gasteiger partial charge < -0.3 is 5.11 Å². The molecule has 0 saturated heterocycles. The van der Waals surface area contributed by atoms with Gasteiger partial charge in [0.05, 0.1) is 11.6 Å². The number of benzene rings is 1. The van der Waals surface area contributed by atoms with E-state index in [0.717, 1.165) is 0 Å². The summed E-state index contributed by atoms with van der Waals surface area (Å²) in [5.74, 6) is 0. The standard InChI is InChI=1S/C8H10O/c1-7(9)8-5-3-2-4-6-8/h2-7,9H,1H3/t7-/m0/s1/i2D,3D,4D,5D. The van der Waals surface area contributed by atoms with Crippen LogP contribution < -0.4 is 0 Å². The lowest BCUT2D eigenvalue weighted by atomic mass is 10.1. The van der Waals surface area contributed by atoms with Crippen molar-refractivity contribution in [2.45, 2.75) is 13.0 Å². The minimum atomic E-state index is -0.874. The first kappa shape index (κ1) is 2.84. The fourth-order valence-electron chi connectivity index (χ4n) is 0.514. The molecule has 0 spiro atoms. The molecule has 0 amide bonds. The van der Waals surface area contributed by atoms with Gasteiger partial charge in [-0.3, -0.25) is 0 Å². The maximum Gasteiger partial charge on any atom is 0.0761 e. The molecule has 1 aromatic rings. The third-order valence-corrected chi connectivity index (χ3v) is 1.02. The van der Waals surface area contributed by atoms with E-state index in [9.17, 15) is 5.11 Å². The van der Waals surface area contributed by atoms with E-state index in [-0.39, 0.29) is 29.7 Å². The van der Waals surface area contributed by atoms with Gasteiger partial charge in [-0.2, -0.15) is 0 Å². The van der Waals surface area contributed by atoms with Crippen LogP contribution in [-0.4, -0.2) is 5.11 Å². The first-order chi connectivity index (χ1) is 5.95. The summed E-state index contributed by atoms with van der Waals surface area (Å²) in [5.41, 5.74) is 0.228. The lowest BCUT2D eigenvalue weighted by molar-refractivity contribution is 0.199. The van der Waals surface area contributed by atoms with Crippen LogP contribution in [0.1, 0.15) is 24.1 Å². The van der Waals surface area contributed by atoms with E-state index >= 15 is 0 Å². The van der Waals surface area contributed by atoms with Crippen LogP contribution in [0.15, 0.2) is 30.2 Å². The van der Waals surface area contributed by atoms with E-state index < -0.39 is 6.10 Å². The van der Waals surface area contributed by atoms with Crippen LogP contribution in [0.2, 0.25) is 0 Å². The van der Waals surface area contributed by atoms with E-state index in [1.54, 1.807) is 0 Å². The Kier molecular flexibility index (Phi) is 0.836. The Morgan fingerprint density at radius 2 is 2.33 bits per heavy atom. The van der Waals surface area contributed by atoms with Gasteiger partial charge in [0.15, 0.2) is 0 Å². The lowest BCUT2D eigenvalue weighted by Crippen LogP contribution is -1.87. The molecule has 0 saturated carbocycles. The molecule has 0 heterocycles.